The van der Waals surface area contributed by atoms with Gasteiger partial charge < -0.3 is 0 Å². The van der Waals surface area contributed by atoms with Gasteiger partial charge in [-0.15, -0.1) is 0 Å². The molecule has 1 heterocycles. The van der Waals surface area contributed by atoms with Crippen molar-refractivity contribution in [3.8, 4) is 0 Å². The van der Waals surface area contributed by atoms with Gasteiger partial charge >= 0.3 is 0 Å². The van der Waals surface area contributed by atoms with Gasteiger partial charge in [0.05, 0.1) is 12.1 Å². The second kappa shape index (κ2) is 4.47. The number of carbonyl (C=O) groups excluding carboxylic acids is 2. The van der Waals surface area contributed by atoms with E-state index in [0.29, 0.717) is 12.8 Å². The lowest BCUT2D eigenvalue weighted by atomic mass is 10.2. The Hall–Kier alpha value is -1.64. The third-order valence-corrected chi connectivity index (χ3v) is 2.82. The number of fused-ring (bicyclic) bond motifs is 1. The predicted octanol–water partition coefficient (Wildman–Crippen LogP) is 2.29. The Kier molecular flexibility index (Phi) is 3.04. The lowest BCUT2D eigenvalue weighted by Gasteiger charge is -2.14. The first-order valence-corrected chi connectivity index (χ1v) is 5.67. The summed E-state index contributed by atoms with van der Waals surface area (Å²) in [5.74, 6) is -0.167. The van der Waals surface area contributed by atoms with Crippen LogP contribution < -0.4 is 4.90 Å². The average molecular weight is 217 g/mol. The predicted molar refractivity (Wildman–Crippen MR) is 62.2 cm³/mol. The number of anilines is 1. The van der Waals surface area contributed by atoms with Crippen LogP contribution in [0.5, 0.6) is 0 Å². The summed E-state index contributed by atoms with van der Waals surface area (Å²) in [4.78, 5) is 25.0. The number of benzene rings is 1. The molecule has 1 aliphatic heterocycles. The first-order valence-electron chi connectivity index (χ1n) is 5.67. The highest BCUT2D eigenvalue weighted by atomic mass is 16.2. The molecule has 0 fully saturated rings. The molecule has 0 saturated carbocycles. The van der Waals surface area contributed by atoms with Gasteiger partial charge in [-0.05, 0) is 18.1 Å². The maximum atomic E-state index is 11.9. The standard InChI is InChI=1S/C13H15NO2/c1-2-3-8-12(15)14-11-7-5-4-6-10(11)9-13(14)16/h4-7H,2-3,8-9H2,1H3. The van der Waals surface area contributed by atoms with E-state index in [2.05, 4.69) is 0 Å². The average Bonchev–Trinajstić information content (AvgIpc) is 2.62. The lowest BCUT2D eigenvalue weighted by molar-refractivity contribution is -0.125. The Balaban J connectivity index is 2.22. The molecule has 0 bridgehead atoms. The van der Waals surface area contributed by atoms with Crippen molar-refractivity contribution in [3.63, 3.8) is 0 Å². The Labute approximate surface area is 95.1 Å². The molecule has 0 spiro atoms. The highest BCUT2D eigenvalue weighted by Gasteiger charge is 2.31. The summed E-state index contributed by atoms with van der Waals surface area (Å²) < 4.78 is 0. The van der Waals surface area contributed by atoms with Gasteiger partial charge in [0.2, 0.25) is 11.8 Å². The van der Waals surface area contributed by atoms with Crippen molar-refractivity contribution in [2.75, 3.05) is 4.90 Å². The highest BCUT2D eigenvalue weighted by molar-refractivity contribution is 6.19. The topological polar surface area (TPSA) is 37.4 Å². The SMILES string of the molecule is CCCCC(=O)N1C(=O)Cc2ccccc21. The van der Waals surface area contributed by atoms with E-state index in [1.54, 1.807) is 0 Å². The number of nitrogens with zero attached hydrogens (tertiary/aromatic N) is 1. The molecule has 0 N–H and O–H groups in total. The molecule has 2 rings (SSSR count). The van der Waals surface area contributed by atoms with Crippen molar-refractivity contribution < 1.29 is 9.59 Å². The molecular weight excluding hydrogens is 202 g/mol. The monoisotopic (exact) mass is 217 g/mol. The molecular formula is C13H15NO2. The number of rotatable bonds is 3. The van der Waals surface area contributed by atoms with Crippen molar-refractivity contribution in [1.29, 1.82) is 0 Å². The van der Waals surface area contributed by atoms with Crippen LogP contribution in [-0.4, -0.2) is 11.8 Å². The molecule has 0 aromatic heterocycles. The van der Waals surface area contributed by atoms with Crippen molar-refractivity contribution in [2.45, 2.75) is 32.6 Å². The molecule has 16 heavy (non-hydrogen) atoms. The molecule has 84 valence electrons. The third-order valence-electron chi connectivity index (χ3n) is 2.82. The van der Waals surface area contributed by atoms with Crippen molar-refractivity contribution >= 4 is 17.5 Å². The number of carbonyl (C=O) groups is 2. The van der Waals surface area contributed by atoms with Crippen LogP contribution in [-0.2, 0) is 16.0 Å². The van der Waals surface area contributed by atoms with E-state index in [0.717, 1.165) is 24.1 Å². The second-order valence-corrected chi connectivity index (χ2v) is 4.03. The number of hydrogen-bond donors (Lipinski definition) is 0. The van der Waals surface area contributed by atoms with Crippen molar-refractivity contribution in [1.82, 2.24) is 0 Å². The summed E-state index contributed by atoms with van der Waals surface area (Å²) in [5, 5.41) is 0. The largest absolute Gasteiger partial charge is 0.274 e. The van der Waals surface area contributed by atoms with Crippen LogP contribution in [0, 0.1) is 0 Å². The van der Waals surface area contributed by atoms with Gasteiger partial charge in [-0.1, -0.05) is 31.5 Å². The van der Waals surface area contributed by atoms with E-state index >= 15 is 0 Å². The fourth-order valence-electron chi connectivity index (χ4n) is 1.97. The highest BCUT2D eigenvalue weighted by Crippen LogP contribution is 2.29. The number of para-hydroxylation sites is 1. The molecule has 1 aromatic carbocycles. The smallest absolute Gasteiger partial charge is 0.238 e. The van der Waals surface area contributed by atoms with Gasteiger partial charge in [-0.3, -0.25) is 9.59 Å². The molecule has 0 atom stereocenters. The van der Waals surface area contributed by atoms with E-state index in [9.17, 15) is 9.59 Å². The minimum Gasteiger partial charge on any atom is -0.274 e. The summed E-state index contributed by atoms with van der Waals surface area (Å²) >= 11 is 0. The van der Waals surface area contributed by atoms with Crippen molar-refractivity contribution in [3.05, 3.63) is 29.8 Å². The Morgan fingerprint density at radius 2 is 2.12 bits per heavy atom. The first kappa shape index (κ1) is 10.9. The Bertz CT molecular complexity index is 426. The molecule has 0 radical (unpaired) electrons. The van der Waals surface area contributed by atoms with Gasteiger partial charge in [0.15, 0.2) is 0 Å². The number of imide groups is 1. The van der Waals surface area contributed by atoms with Gasteiger partial charge in [0, 0.05) is 6.42 Å². The molecule has 1 aliphatic rings. The van der Waals surface area contributed by atoms with E-state index < -0.39 is 0 Å². The van der Waals surface area contributed by atoms with E-state index in [4.69, 9.17) is 0 Å². The normalized spacial score (nSPS) is 14.1. The maximum absolute atomic E-state index is 11.9. The fraction of sp³-hybridized carbons (Fsp3) is 0.385. The summed E-state index contributed by atoms with van der Waals surface area (Å²) in [7, 11) is 0. The van der Waals surface area contributed by atoms with Gasteiger partial charge in [0.25, 0.3) is 0 Å². The van der Waals surface area contributed by atoms with Gasteiger partial charge in [-0.2, -0.15) is 0 Å². The third kappa shape index (κ3) is 1.85. The zero-order chi connectivity index (χ0) is 11.5. The number of amides is 2. The number of unbranched alkanes of at least 4 members (excludes halogenated alkanes) is 1. The van der Waals surface area contributed by atoms with Crippen LogP contribution in [0.3, 0.4) is 0 Å². The summed E-state index contributed by atoms with van der Waals surface area (Å²) in [6, 6.07) is 7.49. The van der Waals surface area contributed by atoms with Crippen LogP contribution in [0.15, 0.2) is 24.3 Å². The van der Waals surface area contributed by atoms with E-state index in [1.807, 2.05) is 31.2 Å². The Morgan fingerprint density at radius 1 is 1.38 bits per heavy atom. The second-order valence-electron chi connectivity index (χ2n) is 4.03. The molecule has 0 saturated heterocycles. The molecule has 0 unspecified atom stereocenters. The van der Waals surface area contributed by atoms with Crippen LogP contribution in [0.25, 0.3) is 0 Å². The summed E-state index contributed by atoms with van der Waals surface area (Å²) in [5.41, 5.74) is 1.73. The van der Waals surface area contributed by atoms with Crippen LogP contribution in [0.4, 0.5) is 5.69 Å². The summed E-state index contributed by atoms with van der Waals surface area (Å²) in [6.45, 7) is 2.03. The van der Waals surface area contributed by atoms with Gasteiger partial charge in [0.1, 0.15) is 0 Å². The molecule has 3 heteroatoms. The van der Waals surface area contributed by atoms with Crippen molar-refractivity contribution in [2.24, 2.45) is 0 Å². The maximum Gasteiger partial charge on any atom is 0.238 e. The summed E-state index contributed by atoms with van der Waals surface area (Å²) in [6.07, 6.45) is 2.62. The molecule has 2 amide bonds. The van der Waals surface area contributed by atoms with Crippen LogP contribution in [0.2, 0.25) is 0 Å². The molecule has 0 aliphatic carbocycles. The van der Waals surface area contributed by atoms with E-state index in [-0.39, 0.29) is 11.8 Å². The van der Waals surface area contributed by atoms with Crippen LogP contribution in [0.1, 0.15) is 31.7 Å². The molecule has 3 nitrogen and oxygen atoms in total. The number of hydrogen-bond acceptors (Lipinski definition) is 2. The van der Waals surface area contributed by atoms with Gasteiger partial charge in [-0.25, -0.2) is 4.90 Å². The van der Waals surface area contributed by atoms with E-state index in [1.165, 1.54) is 4.90 Å². The van der Waals surface area contributed by atoms with Crippen LogP contribution >= 0.6 is 0 Å². The Morgan fingerprint density at radius 3 is 2.88 bits per heavy atom. The minimum absolute atomic E-state index is 0.0724. The fourth-order valence-corrected chi connectivity index (χ4v) is 1.97. The molecule has 1 aromatic rings. The quantitative estimate of drug-likeness (QED) is 0.779. The minimum atomic E-state index is -0.0951. The zero-order valence-corrected chi connectivity index (χ0v) is 9.40. The lowest BCUT2D eigenvalue weighted by Crippen LogP contribution is -2.33. The zero-order valence-electron chi connectivity index (χ0n) is 9.40. The first-order chi connectivity index (χ1) is 7.74.